The molecule has 0 atom stereocenters. The second kappa shape index (κ2) is 12.7. The zero-order valence-corrected chi connectivity index (χ0v) is 18.7. The summed E-state index contributed by atoms with van der Waals surface area (Å²) in [6.07, 6.45) is 4.06. The summed E-state index contributed by atoms with van der Waals surface area (Å²) < 4.78 is 2.99. The van der Waals surface area contributed by atoms with Gasteiger partial charge in [-0.25, -0.2) is 0 Å². The summed E-state index contributed by atoms with van der Waals surface area (Å²) in [6, 6.07) is 11.3. The smallest absolute Gasteiger partial charge is 0.251 e. The predicted octanol–water partition coefficient (Wildman–Crippen LogP) is 2.85. The van der Waals surface area contributed by atoms with E-state index in [1.807, 2.05) is 43.6 Å². The lowest BCUT2D eigenvalue weighted by Crippen LogP contribution is -2.39. The average Bonchev–Trinajstić information content (AvgIpc) is 3.12. The number of aliphatic imine (C=N–C) groups is 1. The first kappa shape index (κ1) is 22.5. The lowest BCUT2D eigenvalue weighted by Gasteiger charge is -2.12. The number of nitrogens with zero attached hydrogens (tertiary/aromatic N) is 2. The summed E-state index contributed by atoms with van der Waals surface area (Å²) in [6.45, 7) is 5.47. The third kappa shape index (κ3) is 8.22. The molecule has 2 rings (SSSR count). The van der Waals surface area contributed by atoms with Gasteiger partial charge in [0.2, 0.25) is 0 Å². The Morgan fingerprint density at radius 3 is 2.58 bits per heavy atom. The average molecular weight is 534 g/mol. The van der Waals surface area contributed by atoms with E-state index in [0.29, 0.717) is 18.7 Å². The molecule has 0 unspecified atom stereocenters. The first-order valence-electron chi connectivity index (χ1n) is 8.35. The number of aromatic nitrogens is 1. The normalized spacial score (nSPS) is 10.8. The minimum Gasteiger partial charge on any atom is -0.357 e. The van der Waals surface area contributed by atoms with Crippen LogP contribution in [0.15, 0.2) is 58.3 Å². The fraction of sp³-hybridized carbons (Fsp3) is 0.333. The summed E-state index contributed by atoms with van der Waals surface area (Å²) >= 11 is 3.37. The number of benzene rings is 1. The molecule has 0 aliphatic carbocycles. The Morgan fingerprint density at radius 1 is 1.12 bits per heavy atom. The van der Waals surface area contributed by atoms with Crippen LogP contribution < -0.4 is 16.0 Å². The van der Waals surface area contributed by atoms with E-state index >= 15 is 0 Å². The minimum atomic E-state index is -0.0953. The highest BCUT2D eigenvalue weighted by molar-refractivity contribution is 14.0. The van der Waals surface area contributed by atoms with Gasteiger partial charge in [-0.2, -0.15) is 0 Å². The lowest BCUT2D eigenvalue weighted by molar-refractivity contribution is 0.0954. The van der Waals surface area contributed by atoms with Crippen LogP contribution in [0.2, 0.25) is 0 Å². The number of carbonyl (C=O) groups excluding carboxylic acids is 1. The first-order chi connectivity index (χ1) is 12.2. The predicted molar refractivity (Wildman–Crippen MR) is 120 cm³/mol. The third-order valence-electron chi connectivity index (χ3n) is 3.43. The zero-order valence-electron chi connectivity index (χ0n) is 14.7. The van der Waals surface area contributed by atoms with E-state index in [2.05, 4.69) is 41.4 Å². The monoisotopic (exact) mass is 533 g/mol. The maximum absolute atomic E-state index is 12.1. The number of amides is 1. The van der Waals surface area contributed by atoms with Crippen molar-refractivity contribution in [3.63, 3.8) is 0 Å². The molecule has 1 aromatic carbocycles. The van der Waals surface area contributed by atoms with Gasteiger partial charge in [0.15, 0.2) is 5.96 Å². The van der Waals surface area contributed by atoms with E-state index in [9.17, 15) is 4.79 Å². The molecule has 0 aliphatic heterocycles. The fourth-order valence-corrected chi connectivity index (χ4v) is 2.63. The van der Waals surface area contributed by atoms with Crippen molar-refractivity contribution < 1.29 is 4.79 Å². The topological polar surface area (TPSA) is 70.4 Å². The summed E-state index contributed by atoms with van der Waals surface area (Å²) in [4.78, 5) is 16.5. The molecule has 1 heterocycles. The molecule has 3 N–H and O–H groups in total. The second-order valence-corrected chi connectivity index (χ2v) is 6.29. The number of carbonyl (C=O) groups is 1. The number of nitrogens with one attached hydrogen (secondary N) is 3. The standard InChI is InChI=1S/C18H24BrN5O.HI/c1-2-20-18(23-10-13-24-11-3-4-12-24)22-9-8-21-17(25)15-6-5-7-16(19)14-15;/h3-7,11-12,14H,2,8-10,13H2,1H3,(H,21,25)(H2,20,22,23);1H. The Balaban J connectivity index is 0.00000338. The van der Waals surface area contributed by atoms with Crippen LogP contribution in [0.25, 0.3) is 0 Å². The van der Waals surface area contributed by atoms with E-state index in [1.54, 1.807) is 12.1 Å². The number of hydrogen-bond donors (Lipinski definition) is 3. The molecule has 0 saturated heterocycles. The summed E-state index contributed by atoms with van der Waals surface area (Å²) in [5, 5.41) is 9.36. The van der Waals surface area contributed by atoms with Crippen LogP contribution in [0.5, 0.6) is 0 Å². The SMILES string of the molecule is CCNC(=NCCNC(=O)c1cccc(Br)c1)NCCn1cccc1.I. The molecule has 8 heteroatoms. The van der Waals surface area contributed by atoms with Crippen molar-refractivity contribution >= 4 is 51.8 Å². The van der Waals surface area contributed by atoms with Crippen molar-refractivity contribution in [1.29, 1.82) is 0 Å². The summed E-state index contributed by atoms with van der Waals surface area (Å²) in [5.41, 5.74) is 0.634. The zero-order chi connectivity index (χ0) is 17.9. The highest BCUT2D eigenvalue weighted by Crippen LogP contribution is 2.11. The van der Waals surface area contributed by atoms with Crippen LogP contribution in [-0.4, -0.2) is 42.6 Å². The molecular weight excluding hydrogens is 509 g/mol. The largest absolute Gasteiger partial charge is 0.357 e. The highest BCUT2D eigenvalue weighted by atomic mass is 127. The number of hydrogen-bond acceptors (Lipinski definition) is 2. The van der Waals surface area contributed by atoms with Crippen LogP contribution in [0.3, 0.4) is 0 Å². The maximum Gasteiger partial charge on any atom is 0.251 e. The Hall–Kier alpha value is -1.55. The molecule has 142 valence electrons. The summed E-state index contributed by atoms with van der Waals surface area (Å²) in [7, 11) is 0. The van der Waals surface area contributed by atoms with Crippen molar-refractivity contribution in [1.82, 2.24) is 20.5 Å². The molecule has 26 heavy (non-hydrogen) atoms. The van der Waals surface area contributed by atoms with Gasteiger partial charge in [0, 0.05) is 48.6 Å². The Labute approximate surface area is 180 Å². The van der Waals surface area contributed by atoms with Crippen LogP contribution in [0.4, 0.5) is 0 Å². The Morgan fingerprint density at radius 2 is 1.88 bits per heavy atom. The van der Waals surface area contributed by atoms with Crippen LogP contribution >= 0.6 is 39.9 Å². The van der Waals surface area contributed by atoms with E-state index in [0.717, 1.165) is 30.1 Å². The number of guanidine groups is 1. The van der Waals surface area contributed by atoms with Crippen molar-refractivity contribution in [2.45, 2.75) is 13.5 Å². The van der Waals surface area contributed by atoms with Gasteiger partial charge in [0.25, 0.3) is 5.91 Å². The molecule has 2 aromatic rings. The maximum atomic E-state index is 12.1. The van der Waals surface area contributed by atoms with Gasteiger partial charge in [0.05, 0.1) is 6.54 Å². The lowest BCUT2D eigenvalue weighted by atomic mass is 10.2. The molecule has 0 fully saturated rings. The molecule has 0 radical (unpaired) electrons. The molecule has 1 aromatic heterocycles. The quantitative estimate of drug-likeness (QED) is 0.211. The van der Waals surface area contributed by atoms with E-state index in [-0.39, 0.29) is 29.9 Å². The molecule has 0 spiro atoms. The van der Waals surface area contributed by atoms with Crippen molar-refractivity contribution in [3.05, 3.63) is 58.8 Å². The first-order valence-corrected chi connectivity index (χ1v) is 9.15. The van der Waals surface area contributed by atoms with Gasteiger partial charge in [0.1, 0.15) is 0 Å². The van der Waals surface area contributed by atoms with E-state index < -0.39 is 0 Å². The van der Waals surface area contributed by atoms with Gasteiger partial charge in [-0.1, -0.05) is 22.0 Å². The van der Waals surface area contributed by atoms with Crippen LogP contribution in [0, 0.1) is 0 Å². The van der Waals surface area contributed by atoms with Crippen molar-refractivity contribution in [2.24, 2.45) is 4.99 Å². The van der Waals surface area contributed by atoms with Gasteiger partial charge in [-0.15, -0.1) is 24.0 Å². The minimum absolute atomic E-state index is 0. The van der Waals surface area contributed by atoms with Crippen molar-refractivity contribution in [3.8, 4) is 0 Å². The Bertz CT molecular complexity index is 691. The van der Waals surface area contributed by atoms with Crippen LogP contribution in [0.1, 0.15) is 17.3 Å². The number of halogens is 2. The van der Waals surface area contributed by atoms with E-state index in [1.165, 1.54) is 0 Å². The molecule has 0 bridgehead atoms. The third-order valence-corrected chi connectivity index (χ3v) is 3.92. The van der Waals surface area contributed by atoms with Gasteiger partial charge in [-0.3, -0.25) is 9.79 Å². The fourth-order valence-electron chi connectivity index (χ4n) is 2.23. The van der Waals surface area contributed by atoms with Gasteiger partial charge in [-0.05, 0) is 37.3 Å². The number of rotatable bonds is 8. The summed E-state index contributed by atoms with van der Waals surface area (Å²) in [5.74, 6) is 0.661. The Kier molecular flexibility index (Phi) is 11.0. The molecular formula is C18H25BrIN5O. The second-order valence-electron chi connectivity index (χ2n) is 5.37. The van der Waals surface area contributed by atoms with Crippen molar-refractivity contribution in [2.75, 3.05) is 26.2 Å². The highest BCUT2D eigenvalue weighted by Gasteiger charge is 2.04. The molecule has 0 saturated carbocycles. The van der Waals surface area contributed by atoms with E-state index in [4.69, 9.17) is 0 Å². The van der Waals surface area contributed by atoms with Crippen LogP contribution in [-0.2, 0) is 6.54 Å². The van der Waals surface area contributed by atoms with Gasteiger partial charge >= 0.3 is 0 Å². The van der Waals surface area contributed by atoms with Gasteiger partial charge < -0.3 is 20.5 Å². The molecule has 6 nitrogen and oxygen atoms in total. The molecule has 0 aliphatic rings. The molecule has 1 amide bonds.